The van der Waals surface area contributed by atoms with Gasteiger partial charge in [-0.25, -0.2) is 8.42 Å². The van der Waals surface area contributed by atoms with Gasteiger partial charge in [0.05, 0.1) is 26.3 Å². The van der Waals surface area contributed by atoms with Gasteiger partial charge in [-0.05, 0) is 37.1 Å². The second-order valence-electron chi connectivity index (χ2n) is 10.1. The number of hydrogen-bond acceptors (Lipinski definition) is 7. The lowest BCUT2D eigenvalue weighted by molar-refractivity contribution is -0.155. The van der Waals surface area contributed by atoms with Crippen LogP contribution in [0.25, 0.3) is 10.9 Å². The Hall–Kier alpha value is -2.22. The number of benzene rings is 1. The molecule has 3 aliphatic rings. The Morgan fingerprint density at radius 2 is 1.95 bits per heavy atom. The van der Waals surface area contributed by atoms with E-state index < -0.39 is 21.2 Å². The van der Waals surface area contributed by atoms with E-state index in [4.69, 9.17) is 16.3 Å². The molecule has 0 saturated carbocycles. The number of likely N-dealkylation sites (tertiary alicyclic amines) is 1. The van der Waals surface area contributed by atoms with Gasteiger partial charge in [0, 0.05) is 61.7 Å². The smallest absolute Gasteiger partial charge is 0.259 e. The third-order valence-electron chi connectivity index (χ3n) is 8.09. The van der Waals surface area contributed by atoms with Crippen molar-refractivity contribution in [2.45, 2.75) is 36.0 Å². The topological polar surface area (TPSA) is 126 Å². The molecule has 13 heteroatoms. The number of nitrogens with zero attached hydrogens (tertiary/aromatic N) is 4. The molecule has 3 saturated heterocycles. The number of amides is 2. The Morgan fingerprint density at radius 3 is 2.59 bits per heavy atom. The van der Waals surface area contributed by atoms with Crippen molar-refractivity contribution in [2.24, 2.45) is 0 Å². The summed E-state index contributed by atoms with van der Waals surface area (Å²) in [5, 5.41) is 11.2. The molecule has 1 atom stereocenters. The quantitative estimate of drug-likeness (QED) is 0.539. The van der Waals surface area contributed by atoms with E-state index in [0.29, 0.717) is 48.4 Å². The molecule has 2 amide bonds. The van der Waals surface area contributed by atoms with Crippen molar-refractivity contribution < 1.29 is 27.9 Å². The molecule has 4 heterocycles. The van der Waals surface area contributed by atoms with E-state index in [1.807, 2.05) is 0 Å². The summed E-state index contributed by atoms with van der Waals surface area (Å²) in [5.74, 6) is -0.321. The minimum atomic E-state index is -4.08. The van der Waals surface area contributed by atoms with Gasteiger partial charge >= 0.3 is 0 Å². The fourth-order valence-electron chi connectivity index (χ4n) is 6.35. The number of carbonyl (C=O) groups excluding carboxylic acids is 2. The molecule has 3 aliphatic heterocycles. The Morgan fingerprint density at radius 1 is 1.22 bits per heavy atom. The Bertz CT molecular complexity index is 1320. The Kier molecular flexibility index (Phi) is 6.78. The molecule has 3 fully saturated rings. The average Bonchev–Trinajstić information content (AvgIpc) is 3.39. The van der Waals surface area contributed by atoms with Crippen LogP contribution < -0.4 is 0 Å². The second-order valence-corrected chi connectivity index (χ2v) is 12.5. The summed E-state index contributed by atoms with van der Waals surface area (Å²) in [4.78, 5) is 34.1. The first-order chi connectivity index (χ1) is 17.6. The van der Waals surface area contributed by atoms with E-state index in [1.54, 1.807) is 28.0 Å². The first kappa shape index (κ1) is 26.4. The minimum absolute atomic E-state index is 0.00107. The third kappa shape index (κ3) is 4.23. The van der Waals surface area contributed by atoms with E-state index in [-0.39, 0.29) is 49.7 Å². The second kappa shape index (κ2) is 9.51. The van der Waals surface area contributed by atoms with Crippen molar-refractivity contribution >= 4 is 44.3 Å². The number of nitrogens with one attached hydrogen (secondary N) is 1. The molecule has 11 nitrogen and oxygen atoms in total. The summed E-state index contributed by atoms with van der Waals surface area (Å²) in [6.45, 7) is 2.83. The first-order valence-electron chi connectivity index (χ1n) is 12.3. The molecule has 37 heavy (non-hydrogen) atoms. The number of aromatic amines is 1. The predicted octanol–water partition coefficient (Wildman–Crippen LogP) is 0.686. The molecule has 1 aromatic heterocycles. The summed E-state index contributed by atoms with van der Waals surface area (Å²) >= 11 is 6.08. The van der Waals surface area contributed by atoms with E-state index >= 15 is 0 Å². The predicted molar refractivity (Wildman–Crippen MR) is 136 cm³/mol. The van der Waals surface area contributed by atoms with Crippen LogP contribution in [0.1, 0.15) is 19.8 Å². The van der Waals surface area contributed by atoms with E-state index in [2.05, 4.69) is 9.88 Å². The molecule has 2 aromatic rings. The molecule has 0 radical (unpaired) electrons. The molecular formula is C24H32ClN5O6S. The number of H-pyrrole nitrogens is 1. The summed E-state index contributed by atoms with van der Waals surface area (Å²) in [6, 6.07) is 6.59. The number of aliphatic hydroxyl groups is 1. The van der Waals surface area contributed by atoms with E-state index in [9.17, 15) is 23.1 Å². The number of halogens is 1. The number of sulfonamides is 1. The Labute approximate surface area is 220 Å². The van der Waals surface area contributed by atoms with Gasteiger partial charge in [0.25, 0.3) is 10.0 Å². The van der Waals surface area contributed by atoms with Gasteiger partial charge in [-0.2, -0.15) is 4.31 Å². The molecule has 1 spiro atoms. The van der Waals surface area contributed by atoms with Crippen molar-refractivity contribution in [1.29, 1.82) is 0 Å². The van der Waals surface area contributed by atoms with Crippen LogP contribution in [0, 0.1) is 0 Å². The van der Waals surface area contributed by atoms with Crippen molar-refractivity contribution in [1.82, 2.24) is 24.0 Å². The van der Waals surface area contributed by atoms with Crippen molar-refractivity contribution in [2.75, 3.05) is 59.6 Å². The summed E-state index contributed by atoms with van der Waals surface area (Å²) in [7, 11) is -2.56. The molecule has 0 aliphatic carbocycles. The lowest BCUT2D eigenvalue weighted by Crippen LogP contribution is -2.71. The highest BCUT2D eigenvalue weighted by molar-refractivity contribution is 7.89. The first-order valence-corrected chi connectivity index (χ1v) is 14.1. The number of methoxy groups -OCH3 is 1. The lowest BCUT2D eigenvalue weighted by atomic mass is 9.86. The SMILES string of the molecule is COCC12CN(S(=O)(=O)c3cc4cc(Cl)ccc4[nH]3)CC(=O)N1CC1(CCN(C(C)=O)CC1)N2CCO. The maximum Gasteiger partial charge on any atom is 0.259 e. The zero-order chi connectivity index (χ0) is 26.6. The van der Waals surface area contributed by atoms with Crippen molar-refractivity contribution in [3.8, 4) is 0 Å². The number of fused-ring (bicyclic) bond motifs is 2. The largest absolute Gasteiger partial charge is 0.395 e. The van der Waals surface area contributed by atoms with Crippen LogP contribution >= 0.6 is 11.6 Å². The van der Waals surface area contributed by atoms with Gasteiger partial charge in [-0.3, -0.25) is 14.5 Å². The van der Waals surface area contributed by atoms with Crippen LogP contribution in [-0.2, 0) is 24.3 Å². The number of hydrogen-bond donors (Lipinski definition) is 2. The monoisotopic (exact) mass is 553 g/mol. The molecule has 5 rings (SSSR count). The Balaban J connectivity index is 1.53. The maximum absolute atomic E-state index is 13.8. The molecule has 0 bridgehead atoms. The minimum Gasteiger partial charge on any atom is -0.395 e. The molecule has 1 unspecified atom stereocenters. The molecule has 2 N–H and O–H groups in total. The summed E-state index contributed by atoms with van der Waals surface area (Å²) in [5.41, 5.74) is -0.966. The van der Waals surface area contributed by atoms with E-state index in [1.165, 1.54) is 24.4 Å². The van der Waals surface area contributed by atoms with Gasteiger partial charge in [-0.1, -0.05) is 11.6 Å². The standard InChI is InChI=1S/C24H32ClN5O6S/c1-17(32)27-7-5-23(6-8-27)14-29-22(33)13-28(15-24(29,16-36-2)30(23)9-10-31)37(34,35)21-12-18-11-19(25)3-4-20(18)26-21/h3-4,11-12,26,31H,5-10,13-16H2,1-2H3. The normalized spacial score (nSPS) is 24.8. The van der Waals surface area contributed by atoms with Crippen LogP contribution in [0.2, 0.25) is 5.02 Å². The van der Waals surface area contributed by atoms with Gasteiger partial charge in [0.15, 0.2) is 0 Å². The number of β-amino-alcohol motifs (C(OH)–C–C–N with tert-alkyl or cyclic N) is 1. The molecule has 202 valence electrons. The number of piperazine rings is 1. The van der Waals surface area contributed by atoms with Crippen LogP contribution in [0.5, 0.6) is 0 Å². The number of aromatic nitrogens is 1. The summed E-state index contributed by atoms with van der Waals surface area (Å²) in [6.07, 6.45) is 1.22. The number of piperidine rings is 1. The third-order valence-corrected chi connectivity index (χ3v) is 10.0. The van der Waals surface area contributed by atoms with Gasteiger partial charge in [-0.15, -0.1) is 0 Å². The number of ether oxygens (including phenoxy) is 1. The fourth-order valence-corrected chi connectivity index (χ4v) is 7.98. The van der Waals surface area contributed by atoms with Gasteiger partial charge in [0.1, 0.15) is 10.7 Å². The highest BCUT2D eigenvalue weighted by atomic mass is 35.5. The number of aliphatic hydroxyl groups excluding tert-OH is 1. The number of carbonyl (C=O) groups is 2. The summed E-state index contributed by atoms with van der Waals surface area (Å²) < 4.78 is 34.4. The molecular weight excluding hydrogens is 522 g/mol. The molecule has 1 aromatic carbocycles. The van der Waals surface area contributed by atoms with E-state index in [0.717, 1.165) is 0 Å². The van der Waals surface area contributed by atoms with Crippen LogP contribution in [0.4, 0.5) is 0 Å². The highest BCUT2D eigenvalue weighted by Crippen LogP contribution is 2.46. The van der Waals surface area contributed by atoms with Crippen LogP contribution in [0.15, 0.2) is 29.3 Å². The fraction of sp³-hybridized carbons (Fsp3) is 0.583. The van der Waals surface area contributed by atoms with Crippen LogP contribution in [-0.4, -0.2) is 120 Å². The van der Waals surface area contributed by atoms with Crippen LogP contribution in [0.3, 0.4) is 0 Å². The van der Waals surface area contributed by atoms with Crippen molar-refractivity contribution in [3.63, 3.8) is 0 Å². The van der Waals surface area contributed by atoms with Gasteiger partial charge < -0.3 is 24.6 Å². The average molecular weight is 554 g/mol. The van der Waals surface area contributed by atoms with Crippen molar-refractivity contribution in [3.05, 3.63) is 29.3 Å². The zero-order valence-corrected chi connectivity index (χ0v) is 22.5. The van der Waals surface area contributed by atoms with Gasteiger partial charge in [0.2, 0.25) is 11.8 Å². The maximum atomic E-state index is 13.8. The highest BCUT2D eigenvalue weighted by Gasteiger charge is 2.64. The lowest BCUT2D eigenvalue weighted by Gasteiger charge is -2.52. The number of rotatable bonds is 6. The zero-order valence-electron chi connectivity index (χ0n) is 20.9.